The van der Waals surface area contributed by atoms with Crippen LogP contribution in [-0.4, -0.2) is 64.7 Å². The van der Waals surface area contributed by atoms with Crippen LogP contribution in [0.2, 0.25) is 0 Å². The van der Waals surface area contributed by atoms with Crippen LogP contribution >= 0.6 is 0 Å². The zero-order valence-electron chi connectivity index (χ0n) is 22.5. The molecule has 2 aromatic carbocycles. The number of imidazole rings is 1. The van der Waals surface area contributed by atoms with Gasteiger partial charge in [-0.3, -0.25) is 4.90 Å². The van der Waals surface area contributed by atoms with E-state index in [1.807, 2.05) is 25.2 Å². The highest BCUT2D eigenvalue weighted by molar-refractivity contribution is 5.69. The van der Waals surface area contributed by atoms with Crippen molar-refractivity contribution in [2.24, 2.45) is 0 Å². The Morgan fingerprint density at radius 3 is 2.60 bits per heavy atom. The Bertz CT molecular complexity index is 1590. The highest BCUT2D eigenvalue weighted by Gasteiger charge is 2.34. The summed E-state index contributed by atoms with van der Waals surface area (Å²) in [4.78, 5) is 8.56. The second kappa shape index (κ2) is 11.5. The standard InChI is InChI=1S/C31H30F3N5O/c1-22(17-23-6-7-26(28(18-23)31(32,33)34)21-38-15-13-37(2)14-16-38)24-9-11-29(40-3)25(19-24)8-10-27-20-35-30-5-4-12-36-39(27)30/h4-7,9,11-12,18-20H,1,13-17,21H2,2-3H3. The maximum absolute atomic E-state index is 14.1. The van der Waals surface area contributed by atoms with Gasteiger partial charge < -0.3 is 9.64 Å². The average Bonchev–Trinajstić information content (AvgIpc) is 3.36. The minimum Gasteiger partial charge on any atom is -0.495 e. The molecule has 5 rings (SSSR count). The zero-order valence-corrected chi connectivity index (χ0v) is 22.5. The van der Waals surface area contributed by atoms with Crippen molar-refractivity contribution < 1.29 is 17.9 Å². The first-order chi connectivity index (χ1) is 19.2. The third kappa shape index (κ3) is 6.19. The number of ether oxygens (including phenoxy) is 1. The Morgan fingerprint density at radius 1 is 1.05 bits per heavy atom. The number of aromatic nitrogens is 3. The Morgan fingerprint density at radius 2 is 1.85 bits per heavy atom. The van der Waals surface area contributed by atoms with E-state index in [0.29, 0.717) is 39.4 Å². The Kier molecular flexibility index (Phi) is 7.92. The molecule has 1 aliphatic rings. The van der Waals surface area contributed by atoms with E-state index in [1.165, 1.54) is 6.07 Å². The summed E-state index contributed by atoms with van der Waals surface area (Å²) in [7, 11) is 3.59. The number of fused-ring (bicyclic) bond motifs is 1. The Balaban J connectivity index is 1.37. The van der Waals surface area contributed by atoms with Gasteiger partial charge in [0.05, 0.1) is 24.4 Å². The number of piperazine rings is 1. The number of hydrogen-bond acceptors (Lipinski definition) is 5. The van der Waals surface area contributed by atoms with Crippen LogP contribution < -0.4 is 4.74 Å². The van der Waals surface area contributed by atoms with Crippen molar-refractivity contribution in [1.29, 1.82) is 0 Å². The number of hydrogen-bond donors (Lipinski definition) is 0. The molecule has 4 aromatic rings. The molecule has 40 heavy (non-hydrogen) atoms. The molecule has 1 saturated heterocycles. The molecular weight excluding hydrogens is 515 g/mol. The van der Waals surface area contributed by atoms with Gasteiger partial charge in [-0.2, -0.15) is 18.3 Å². The molecular formula is C31H30F3N5O. The molecule has 0 aliphatic carbocycles. The molecule has 1 aliphatic heterocycles. The van der Waals surface area contributed by atoms with Crippen LogP contribution in [0.5, 0.6) is 5.75 Å². The number of likely N-dealkylation sites (N-methyl/N-ethyl adjacent to an activating group) is 1. The second-order valence-electron chi connectivity index (χ2n) is 9.95. The molecule has 0 unspecified atom stereocenters. The molecule has 0 atom stereocenters. The van der Waals surface area contributed by atoms with Crippen LogP contribution in [-0.2, 0) is 19.1 Å². The fourth-order valence-electron chi connectivity index (χ4n) is 4.80. The topological polar surface area (TPSA) is 45.9 Å². The van der Waals surface area contributed by atoms with Gasteiger partial charge in [0, 0.05) is 38.9 Å². The van der Waals surface area contributed by atoms with Crippen molar-refractivity contribution in [3.63, 3.8) is 0 Å². The summed E-state index contributed by atoms with van der Waals surface area (Å²) in [5.74, 6) is 6.79. The molecule has 0 spiro atoms. The quantitative estimate of drug-likeness (QED) is 0.313. The molecule has 0 bridgehead atoms. The van der Waals surface area contributed by atoms with Crippen LogP contribution in [0, 0.1) is 11.8 Å². The number of halogens is 3. The number of benzene rings is 2. The van der Waals surface area contributed by atoms with Crippen molar-refractivity contribution >= 4 is 11.2 Å². The van der Waals surface area contributed by atoms with Gasteiger partial charge in [-0.05, 0) is 72.0 Å². The van der Waals surface area contributed by atoms with Crippen molar-refractivity contribution in [2.45, 2.75) is 19.1 Å². The largest absolute Gasteiger partial charge is 0.495 e. The van der Waals surface area contributed by atoms with E-state index >= 15 is 0 Å². The number of allylic oxidation sites excluding steroid dienone is 1. The van der Waals surface area contributed by atoms with E-state index in [9.17, 15) is 13.2 Å². The third-order valence-electron chi connectivity index (χ3n) is 7.10. The van der Waals surface area contributed by atoms with Gasteiger partial charge in [0.15, 0.2) is 5.65 Å². The first-order valence-corrected chi connectivity index (χ1v) is 13.0. The number of nitrogens with zero attached hydrogens (tertiary/aromatic N) is 5. The minimum atomic E-state index is -4.44. The first-order valence-electron chi connectivity index (χ1n) is 13.0. The molecule has 0 amide bonds. The van der Waals surface area contributed by atoms with Crippen LogP contribution in [0.15, 0.2) is 67.5 Å². The molecule has 1 fully saturated rings. The smallest absolute Gasteiger partial charge is 0.416 e. The summed E-state index contributed by atoms with van der Waals surface area (Å²) >= 11 is 0. The fraction of sp³-hybridized carbons (Fsp3) is 0.290. The van der Waals surface area contributed by atoms with Crippen molar-refractivity contribution in [3.05, 3.63) is 101 Å². The summed E-state index contributed by atoms with van der Waals surface area (Å²) < 4.78 is 49.3. The summed E-state index contributed by atoms with van der Waals surface area (Å²) in [5, 5.41) is 4.28. The Hall–Kier alpha value is -4.13. The van der Waals surface area contributed by atoms with Crippen molar-refractivity contribution in [1.82, 2.24) is 24.4 Å². The van der Waals surface area contributed by atoms with Crippen LogP contribution in [0.25, 0.3) is 11.2 Å². The first kappa shape index (κ1) is 27.4. The van der Waals surface area contributed by atoms with Gasteiger partial charge in [-0.1, -0.05) is 30.7 Å². The highest BCUT2D eigenvalue weighted by atomic mass is 19.4. The fourth-order valence-corrected chi connectivity index (χ4v) is 4.80. The van der Waals surface area contributed by atoms with Crippen LogP contribution in [0.4, 0.5) is 13.2 Å². The van der Waals surface area contributed by atoms with Crippen LogP contribution in [0.1, 0.15) is 33.5 Å². The summed E-state index contributed by atoms with van der Waals surface area (Å²) in [5.41, 5.74) is 3.67. The number of rotatable bonds is 6. The summed E-state index contributed by atoms with van der Waals surface area (Å²) in [6.07, 6.45) is -0.854. The zero-order chi connectivity index (χ0) is 28.3. The van der Waals surface area contributed by atoms with E-state index in [-0.39, 0.29) is 13.0 Å². The number of alkyl halides is 3. The van der Waals surface area contributed by atoms with E-state index in [2.05, 4.69) is 38.3 Å². The van der Waals surface area contributed by atoms with Crippen molar-refractivity contribution in [3.8, 4) is 17.6 Å². The number of methoxy groups -OCH3 is 1. The summed E-state index contributed by atoms with van der Waals surface area (Å²) in [6, 6.07) is 13.8. The van der Waals surface area contributed by atoms with E-state index < -0.39 is 11.7 Å². The lowest BCUT2D eigenvalue weighted by Gasteiger charge is -2.33. The highest BCUT2D eigenvalue weighted by Crippen LogP contribution is 2.34. The monoisotopic (exact) mass is 545 g/mol. The Labute approximate surface area is 231 Å². The van der Waals surface area contributed by atoms with Gasteiger partial charge >= 0.3 is 6.18 Å². The lowest BCUT2D eigenvalue weighted by atomic mass is 9.95. The van der Waals surface area contributed by atoms with E-state index in [1.54, 1.807) is 48.3 Å². The van der Waals surface area contributed by atoms with Gasteiger partial charge in [0.25, 0.3) is 0 Å². The van der Waals surface area contributed by atoms with Gasteiger partial charge in [-0.25, -0.2) is 9.50 Å². The van der Waals surface area contributed by atoms with E-state index in [0.717, 1.165) is 31.7 Å². The second-order valence-corrected chi connectivity index (χ2v) is 9.95. The average molecular weight is 546 g/mol. The molecule has 3 heterocycles. The molecule has 0 saturated carbocycles. The lowest BCUT2D eigenvalue weighted by molar-refractivity contribution is -0.138. The van der Waals surface area contributed by atoms with Crippen molar-refractivity contribution in [2.75, 3.05) is 40.3 Å². The SMILES string of the molecule is C=C(Cc1ccc(CN2CCN(C)CC2)c(C(F)(F)F)c1)c1ccc(OC)c(C#Cc2cnc3cccnn23)c1. The third-order valence-corrected chi connectivity index (χ3v) is 7.10. The predicted molar refractivity (Wildman–Crippen MR) is 149 cm³/mol. The maximum Gasteiger partial charge on any atom is 0.416 e. The van der Waals surface area contributed by atoms with Gasteiger partial charge in [0.2, 0.25) is 0 Å². The molecule has 2 aromatic heterocycles. The molecule has 206 valence electrons. The maximum atomic E-state index is 14.1. The van der Waals surface area contributed by atoms with Crippen LogP contribution in [0.3, 0.4) is 0 Å². The minimum absolute atomic E-state index is 0.272. The van der Waals surface area contributed by atoms with E-state index in [4.69, 9.17) is 4.74 Å². The summed E-state index contributed by atoms with van der Waals surface area (Å²) in [6.45, 7) is 7.67. The van der Waals surface area contributed by atoms with Gasteiger partial charge in [-0.15, -0.1) is 0 Å². The molecule has 6 nitrogen and oxygen atoms in total. The lowest BCUT2D eigenvalue weighted by Crippen LogP contribution is -2.44. The molecule has 0 N–H and O–H groups in total. The molecule has 9 heteroatoms. The predicted octanol–water partition coefficient (Wildman–Crippen LogP) is 5.16. The van der Waals surface area contributed by atoms with Gasteiger partial charge in [0.1, 0.15) is 11.4 Å². The molecule has 0 radical (unpaired) electrons. The normalized spacial score (nSPS) is 14.6.